The van der Waals surface area contributed by atoms with Gasteiger partial charge in [-0.3, -0.25) is 20.1 Å². The minimum absolute atomic E-state index is 0.246. The van der Waals surface area contributed by atoms with Crippen molar-refractivity contribution in [3.05, 3.63) is 72.6 Å². The van der Waals surface area contributed by atoms with Crippen molar-refractivity contribution < 1.29 is 9.13 Å². The van der Waals surface area contributed by atoms with E-state index in [0.29, 0.717) is 28.3 Å². The zero-order chi connectivity index (χ0) is 26.3. The fourth-order valence-electron chi connectivity index (χ4n) is 5.39. The predicted molar refractivity (Wildman–Crippen MR) is 148 cm³/mol. The van der Waals surface area contributed by atoms with Crippen LogP contribution in [-0.2, 0) is 0 Å². The van der Waals surface area contributed by atoms with E-state index in [-0.39, 0.29) is 11.9 Å². The molecule has 1 aromatic carbocycles. The van der Waals surface area contributed by atoms with Crippen molar-refractivity contribution in [2.45, 2.75) is 45.1 Å². The number of imidazole rings is 1. The minimum atomic E-state index is -0.305. The van der Waals surface area contributed by atoms with Gasteiger partial charge < -0.3 is 9.72 Å². The van der Waals surface area contributed by atoms with E-state index in [1.165, 1.54) is 31.4 Å². The highest BCUT2D eigenvalue weighted by Gasteiger charge is 2.18. The van der Waals surface area contributed by atoms with Gasteiger partial charge in [0.05, 0.1) is 40.9 Å². The van der Waals surface area contributed by atoms with E-state index in [1.807, 2.05) is 31.2 Å². The molecule has 1 fully saturated rings. The second-order valence-corrected chi connectivity index (χ2v) is 10.1. The Bertz CT molecular complexity index is 1800. The van der Waals surface area contributed by atoms with Crippen LogP contribution < -0.4 is 4.74 Å². The van der Waals surface area contributed by atoms with Crippen LogP contribution in [0.5, 0.6) is 5.75 Å². The van der Waals surface area contributed by atoms with Gasteiger partial charge in [-0.15, -0.1) is 0 Å². The molecule has 0 atom stereocenters. The maximum atomic E-state index is 14.1. The van der Waals surface area contributed by atoms with Crippen LogP contribution in [0.3, 0.4) is 0 Å². The number of hydrogen-bond acceptors (Lipinski definition) is 6. The Morgan fingerprint density at radius 3 is 2.67 bits per heavy atom. The molecule has 0 bridgehead atoms. The van der Waals surface area contributed by atoms with Crippen molar-refractivity contribution in [3.63, 3.8) is 0 Å². The van der Waals surface area contributed by atoms with Crippen molar-refractivity contribution >= 4 is 21.9 Å². The molecule has 5 heterocycles. The summed E-state index contributed by atoms with van der Waals surface area (Å²) in [5.41, 5.74) is 6.64. The molecule has 0 aliphatic heterocycles. The van der Waals surface area contributed by atoms with Gasteiger partial charge in [-0.05, 0) is 74.6 Å². The Morgan fingerprint density at radius 1 is 0.897 bits per heavy atom. The SMILES string of the molecule is Cc1cc(F)cc(-c2nccc3[nH]c(-c4n[nH]c5cnc(-c6cncc(OC7CCCCC7)c6)cc45)nc23)c1. The van der Waals surface area contributed by atoms with Crippen molar-refractivity contribution in [1.82, 2.24) is 35.1 Å². The molecule has 1 aliphatic rings. The van der Waals surface area contributed by atoms with Crippen LogP contribution in [0.25, 0.3) is 56.0 Å². The number of ether oxygens (including phenoxy) is 1. The third-order valence-electron chi connectivity index (χ3n) is 7.25. The zero-order valence-corrected chi connectivity index (χ0v) is 21.4. The molecule has 8 nitrogen and oxygen atoms in total. The number of hydrogen-bond donors (Lipinski definition) is 2. The molecule has 194 valence electrons. The van der Waals surface area contributed by atoms with Gasteiger partial charge in [-0.25, -0.2) is 9.37 Å². The fourth-order valence-corrected chi connectivity index (χ4v) is 5.39. The lowest BCUT2D eigenvalue weighted by molar-refractivity contribution is 0.154. The number of halogens is 1. The van der Waals surface area contributed by atoms with E-state index in [1.54, 1.807) is 24.8 Å². The minimum Gasteiger partial charge on any atom is -0.489 e. The average Bonchev–Trinajstić information content (AvgIpc) is 3.57. The molecule has 2 N–H and O–H groups in total. The monoisotopic (exact) mass is 519 g/mol. The van der Waals surface area contributed by atoms with E-state index in [9.17, 15) is 4.39 Å². The Hall–Kier alpha value is -4.66. The summed E-state index contributed by atoms with van der Waals surface area (Å²) in [6.07, 6.45) is 13.1. The molecule has 5 aromatic heterocycles. The van der Waals surface area contributed by atoms with Gasteiger partial charge in [-0.1, -0.05) is 6.42 Å². The van der Waals surface area contributed by atoms with Crippen LogP contribution in [0, 0.1) is 12.7 Å². The first kappa shape index (κ1) is 23.5. The number of H-pyrrole nitrogens is 2. The molecule has 7 rings (SSSR count). The molecular weight excluding hydrogens is 493 g/mol. The molecule has 1 aliphatic carbocycles. The van der Waals surface area contributed by atoms with Gasteiger partial charge in [0.25, 0.3) is 0 Å². The van der Waals surface area contributed by atoms with Gasteiger partial charge in [0.2, 0.25) is 0 Å². The lowest BCUT2D eigenvalue weighted by Gasteiger charge is -2.22. The molecule has 0 saturated heterocycles. The number of rotatable bonds is 5. The van der Waals surface area contributed by atoms with Crippen LogP contribution in [0.4, 0.5) is 4.39 Å². The smallest absolute Gasteiger partial charge is 0.159 e. The molecule has 0 unspecified atom stereocenters. The van der Waals surface area contributed by atoms with Gasteiger partial charge in [0.15, 0.2) is 5.82 Å². The van der Waals surface area contributed by atoms with Gasteiger partial charge in [0, 0.05) is 28.9 Å². The van der Waals surface area contributed by atoms with Crippen molar-refractivity contribution in [1.29, 1.82) is 0 Å². The predicted octanol–water partition coefficient (Wildman–Crippen LogP) is 6.78. The number of nitrogens with zero attached hydrogens (tertiary/aromatic N) is 5. The summed E-state index contributed by atoms with van der Waals surface area (Å²) >= 11 is 0. The van der Waals surface area contributed by atoms with Crippen LogP contribution >= 0.6 is 0 Å². The highest BCUT2D eigenvalue weighted by Crippen LogP contribution is 2.33. The number of pyridine rings is 3. The molecule has 1 saturated carbocycles. The van der Waals surface area contributed by atoms with Crippen LogP contribution in [-0.4, -0.2) is 41.2 Å². The summed E-state index contributed by atoms with van der Waals surface area (Å²) < 4.78 is 20.4. The maximum absolute atomic E-state index is 14.1. The number of fused-ring (bicyclic) bond motifs is 2. The standard InChI is InChI=1S/C30H26FN7O/c1-17-9-18(11-20(31)10-17)27-29-24(7-8-33-27)35-30(36-29)28-23-13-25(34-16-26(23)37-38-28)19-12-22(15-32-14-19)39-21-5-3-2-4-6-21/h7-16,21H,2-6H2,1H3,(H,35,36)(H,37,38). The highest BCUT2D eigenvalue weighted by atomic mass is 19.1. The van der Waals surface area contributed by atoms with Crippen LogP contribution in [0.15, 0.2) is 61.2 Å². The Morgan fingerprint density at radius 2 is 1.79 bits per heavy atom. The van der Waals surface area contributed by atoms with Crippen molar-refractivity contribution in [3.8, 4) is 39.8 Å². The Labute approximate surface area is 223 Å². The third kappa shape index (κ3) is 4.50. The van der Waals surface area contributed by atoms with Gasteiger partial charge in [0.1, 0.15) is 22.8 Å². The first-order chi connectivity index (χ1) is 19.1. The second kappa shape index (κ2) is 9.58. The lowest BCUT2D eigenvalue weighted by atomic mass is 9.98. The molecule has 0 spiro atoms. The van der Waals surface area contributed by atoms with Crippen molar-refractivity contribution in [2.75, 3.05) is 0 Å². The largest absolute Gasteiger partial charge is 0.489 e. The number of aromatic nitrogens is 7. The Balaban J connectivity index is 1.26. The molecular formula is C30H26FN7O. The van der Waals surface area contributed by atoms with Crippen LogP contribution in [0.1, 0.15) is 37.7 Å². The normalized spacial score (nSPS) is 14.3. The average molecular weight is 520 g/mol. The molecule has 6 aromatic rings. The summed E-state index contributed by atoms with van der Waals surface area (Å²) in [6.45, 7) is 1.86. The van der Waals surface area contributed by atoms with E-state index in [4.69, 9.17) is 9.72 Å². The summed E-state index contributed by atoms with van der Waals surface area (Å²) in [5, 5.41) is 8.47. The summed E-state index contributed by atoms with van der Waals surface area (Å²) in [4.78, 5) is 21.8. The maximum Gasteiger partial charge on any atom is 0.159 e. The molecule has 9 heteroatoms. The second-order valence-electron chi connectivity index (χ2n) is 10.1. The van der Waals surface area contributed by atoms with E-state index >= 15 is 0 Å². The van der Waals surface area contributed by atoms with E-state index < -0.39 is 0 Å². The Kier molecular flexibility index (Phi) is 5.76. The van der Waals surface area contributed by atoms with Crippen molar-refractivity contribution in [2.24, 2.45) is 0 Å². The molecule has 39 heavy (non-hydrogen) atoms. The van der Waals surface area contributed by atoms with E-state index in [2.05, 4.69) is 30.1 Å². The lowest BCUT2D eigenvalue weighted by Crippen LogP contribution is -2.19. The summed E-state index contributed by atoms with van der Waals surface area (Å²) in [6, 6.07) is 10.7. The first-order valence-electron chi connectivity index (χ1n) is 13.2. The third-order valence-corrected chi connectivity index (χ3v) is 7.25. The first-order valence-corrected chi connectivity index (χ1v) is 13.2. The summed E-state index contributed by atoms with van der Waals surface area (Å²) in [5.74, 6) is 1.04. The molecule has 0 amide bonds. The zero-order valence-electron chi connectivity index (χ0n) is 21.4. The number of nitrogens with one attached hydrogen (secondary N) is 2. The number of benzene rings is 1. The highest BCUT2D eigenvalue weighted by molar-refractivity contribution is 5.96. The topological polar surface area (TPSA) is 105 Å². The molecule has 0 radical (unpaired) electrons. The van der Waals surface area contributed by atoms with Crippen LogP contribution in [0.2, 0.25) is 0 Å². The van der Waals surface area contributed by atoms with E-state index in [0.717, 1.165) is 51.8 Å². The quantitative estimate of drug-likeness (QED) is 0.260. The summed E-state index contributed by atoms with van der Waals surface area (Å²) in [7, 11) is 0. The van der Waals surface area contributed by atoms with Gasteiger partial charge >= 0.3 is 0 Å². The van der Waals surface area contributed by atoms with Gasteiger partial charge in [-0.2, -0.15) is 5.10 Å². The fraction of sp³-hybridized carbons (Fsp3) is 0.233. The number of aryl methyl sites for hydroxylation is 1. The number of aromatic amines is 2.